The lowest BCUT2D eigenvalue weighted by molar-refractivity contribution is 0.161. The zero-order valence-corrected chi connectivity index (χ0v) is 13.7. The zero-order chi connectivity index (χ0) is 14.9. The van der Waals surface area contributed by atoms with Gasteiger partial charge in [0, 0.05) is 12.5 Å². The molecule has 1 saturated carbocycles. The number of para-hydroxylation sites is 1. The Hall–Kier alpha value is -0.970. The van der Waals surface area contributed by atoms with Crippen LogP contribution in [0.2, 0.25) is 0 Å². The van der Waals surface area contributed by atoms with Gasteiger partial charge in [0.05, 0.1) is 15.2 Å². The Morgan fingerprint density at radius 2 is 2.05 bits per heavy atom. The SMILES string of the molecule is CC1(C)CCC(C(Cc2nc3ccccc3s2)NN)CC1. The van der Waals surface area contributed by atoms with Gasteiger partial charge in [-0.2, -0.15) is 0 Å². The summed E-state index contributed by atoms with van der Waals surface area (Å²) in [7, 11) is 0. The number of benzene rings is 1. The second-order valence-electron chi connectivity index (χ2n) is 7.05. The topological polar surface area (TPSA) is 50.9 Å². The Labute approximate surface area is 130 Å². The minimum Gasteiger partial charge on any atom is -0.271 e. The first kappa shape index (κ1) is 14.9. The highest BCUT2D eigenvalue weighted by Gasteiger charge is 2.31. The Balaban J connectivity index is 1.69. The van der Waals surface area contributed by atoms with E-state index in [-0.39, 0.29) is 0 Å². The number of nitrogens with zero attached hydrogens (tertiary/aromatic N) is 1. The summed E-state index contributed by atoms with van der Waals surface area (Å²) >= 11 is 1.80. The lowest BCUT2D eigenvalue weighted by Gasteiger charge is -2.37. The van der Waals surface area contributed by atoms with E-state index in [0.29, 0.717) is 17.4 Å². The first-order valence-corrected chi connectivity index (χ1v) is 8.70. The molecule has 0 amide bonds. The molecule has 114 valence electrons. The first-order valence-electron chi connectivity index (χ1n) is 7.88. The molecule has 0 bridgehead atoms. The van der Waals surface area contributed by atoms with Gasteiger partial charge >= 0.3 is 0 Å². The molecular formula is C17H25N3S. The predicted molar refractivity (Wildman–Crippen MR) is 90.2 cm³/mol. The first-order chi connectivity index (χ1) is 10.1. The Morgan fingerprint density at radius 3 is 2.71 bits per heavy atom. The number of hydrogen-bond donors (Lipinski definition) is 2. The summed E-state index contributed by atoms with van der Waals surface area (Å²) in [5, 5.41) is 1.20. The molecule has 3 N–H and O–H groups in total. The number of hydrazine groups is 1. The number of aromatic nitrogens is 1. The molecule has 1 fully saturated rings. The third-order valence-corrected chi connectivity index (χ3v) is 5.96. The van der Waals surface area contributed by atoms with Crippen molar-refractivity contribution in [2.45, 2.75) is 52.0 Å². The van der Waals surface area contributed by atoms with Gasteiger partial charge in [0.1, 0.15) is 0 Å². The molecular weight excluding hydrogens is 278 g/mol. The van der Waals surface area contributed by atoms with Gasteiger partial charge < -0.3 is 0 Å². The highest BCUT2D eigenvalue weighted by Crippen LogP contribution is 2.39. The molecule has 0 aliphatic heterocycles. The standard InChI is InChI=1S/C17H25N3S/c1-17(2)9-7-12(8-10-17)14(20-18)11-16-19-13-5-3-4-6-15(13)21-16/h3-6,12,14,20H,7-11,18H2,1-2H3. The van der Waals surface area contributed by atoms with E-state index < -0.39 is 0 Å². The fraction of sp³-hybridized carbons (Fsp3) is 0.588. The maximum absolute atomic E-state index is 5.84. The van der Waals surface area contributed by atoms with Crippen molar-refractivity contribution in [3.63, 3.8) is 0 Å². The molecule has 0 radical (unpaired) electrons. The van der Waals surface area contributed by atoms with Crippen molar-refractivity contribution in [1.29, 1.82) is 0 Å². The molecule has 1 atom stereocenters. The fourth-order valence-corrected chi connectivity index (χ4v) is 4.41. The molecule has 1 unspecified atom stereocenters. The Bertz CT molecular complexity index is 562. The third kappa shape index (κ3) is 3.44. The summed E-state index contributed by atoms with van der Waals surface area (Å²) in [6, 6.07) is 8.70. The second kappa shape index (κ2) is 6.03. The summed E-state index contributed by atoms with van der Waals surface area (Å²) < 4.78 is 1.27. The zero-order valence-electron chi connectivity index (χ0n) is 12.9. The molecule has 1 aromatic carbocycles. The molecule has 3 nitrogen and oxygen atoms in total. The number of thiazole rings is 1. The van der Waals surface area contributed by atoms with Crippen LogP contribution in [0.5, 0.6) is 0 Å². The summed E-state index contributed by atoms with van der Waals surface area (Å²) in [5.74, 6) is 6.52. The minimum atomic E-state index is 0.349. The molecule has 1 aliphatic carbocycles. The van der Waals surface area contributed by atoms with Crippen LogP contribution in [0.4, 0.5) is 0 Å². The van der Waals surface area contributed by atoms with E-state index >= 15 is 0 Å². The van der Waals surface area contributed by atoms with Crippen LogP contribution in [0, 0.1) is 11.3 Å². The van der Waals surface area contributed by atoms with E-state index in [1.165, 1.54) is 35.4 Å². The number of nitrogens with two attached hydrogens (primary N) is 1. The summed E-state index contributed by atoms with van der Waals surface area (Å²) in [6.07, 6.45) is 6.09. The number of hydrogen-bond acceptors (Lipinski definition) is 4. The maximum Gasteiger partial charge on any atom is 0.0954 e. The number of fused-ring (bicyclic) bond motifs is 1. The van der Waals surface area contributed by atoms with Gasteiger partial charge in [0.25, 0.3) is 0 Å². The van der Waals surface area contributed by atoms with Crippen LogP contribution in [0.25, 0.3) is 10.2 Å². The quantitative estimate of drug-likeness (QED) is 0.665. The molecule has 0 spiro atoms. The molecule has 1 aliphatic rings. The van der Waals surface area contributed by atoms with Crippen LogP contribution in [0.1, 0.15) is 44.5 Å². The van der Waals surface area contributed by atoms with Crippen molar-refractivity contribution >= 4 is 21.6 Å². The van der Waals surface area contributed by atoms with Crippen molar-refractivity contribution in [2.75, 3.05) is 0 Å². The molecule has 21 heavy (non-hydrogen) atoms. The van der Waals surface area contributed by atoms with Crippen molar-refractivity contribution in [2.24, 2.45) is 17.2 Å². The number of nitrogens with one attached hydrogen (secondary N) is 1. The monoisotopic (exact) mass is 303 g/mol. The largest absolute Gasteiger partial charge is 0.271 e. The third-order valence-electron chi connectivity index (χ3n) is 4.90. The second-order valence-corrected chi connectivity index (χ2v) is 8.17. The summed E-state index contributed by atoms with van der Waals surface area (Å²) in [6.45, 7) is 4.75. The van der Waals surface area contributed by atoms with Crippen LogP contribution in [0.3, 0.4) is 0 Å². The van der Waals surface area contributed by atoms with Crippen LogP contribution in [0.15, 0.2) is 24.3 Å². The van der Waals surface area contributed by atoms with E-state index in [2.05, 4.69) is 37.5 Å². The molecule has 2 aromatic rings. The lowest BCUT2D eigenvalue weighted by Crippen LogP contribution is -2.44. The lowest BCUT2D eigenvalue weighted by atomic mass is 9.71. The van der Waals surface area contributed by atoms with E-state index in [4.69, 9.17) is 10.8 Å². The highest BCUT2D eigenvalue weighted by atomic mass is 32.1. The van der Waals surface area contributed by atoms with Gasteiger partial charge in [-0.1, -0.05) is 26.0 Å². The molecule has 3 rings (SSSR count). The minimum absolute atomic E-state index is 0.349. The van der Waals surface area contributed by atoms with E-state index in [1.807, 2.05) is 6.07 Å². The van der Waals surface area contributed by atoms with Gasteiger partial charge in [0.15, 0.2) is 0 Å². The van der Waals surface area contributed by atoms with Crippen molar-refractivity contribution in [3.05, 3.63) is 29.3 Å². The van der Waals surface area contributed by atoms with Crippen LogP contribution in [-0.2, 0) is 6.42 Å². The van der Waals surface area contributed by atoms with E-state index in [1.54, 1.807) is 11.3 Å². The molecule has 4 heteroatoms. The van der Waals surface area contributed by atoms with Gasteiger partial charge in [0.2, 0.25) is 0 Å². The Kier molecular flexibility index (Phi) is 4.29. The predicted octanol–water partition coefficient (Wildman–Crippen LogP) is 3.89. The molecule has 1 aromatic heterocycles. The van der Waals surface area contributed by atoms with Gasteiger partial charge in [-0.05, 0) is 49.1 Å². The van der Waals surface area contributed by atoms with Crippen LogP contribution in [-0.4, -0.2) is 11.0 Å². The smallest absolute Gasteiger partial charge is 0.0954 e. The normalized spacial score (nSPS) is 20.7. The van der Waals surface area contributed by atoms with E-state index in [0.717, 1.165) is 11.9 Å². The van der Waals surface area contributed by atoms with Crippen molar-refractivity contribution < 1.29 is 0 Å². The van der Waals surface area contributed by atoms with E-state index in [9.17, 15) is 0 Å². The van der Waals surface area contributed by atoms with Crippen molar-refractivity contribution in [3.8, 4) is 0 Å². The number of rotatable bonds is 4. The fourth-order valence-electron chi connectivity index (χ4n) is 3.38. The Morgan fingerprint density at radius 1 is 1.33 bits per heavy atom. The maximum atomic E-state index is 5.84. The van der Waals surface area contributed by atoms with Crippen LogP contribution < -0.4 is 11.3 Å². The molecule has 0 saturated heterocycles. The summed E-state index contributed by atoms with van der Waals surface area (Å²) in [4.78, 5) is 4.75. The van der Waals surface area contributed by atoms with Crippen LogP contribution >= 0.6 is 11.3 Å². The van der Waals surface area contributed by atoms with Gasteiger partial charge in [-0.3, -0.25) is 11.3 Å². The summed E-state index contributed by atoms with van der Waals surface area (Å²) in [5.41, 5.74) is 4.67. The van der Waals surface area contributed by atoms with Gasteiger partial charge in [-0.25, -0.2) is 4.98 Å². The average molecular weight is 303 g/mol. The van der Waals surface area contributed by atoms with Gasteiger partial charge in [-0.15, -0.1) is 11.3 Å². The highest BCUT2D eigenvalue weighted by molar-refractivity contribution is 7.18. The average Bonchev–Trinajstić information content (AvgIpc) is 2.87. The molecule has 1 heterocycles. The van der Waals surface area contributed by atoms with Crippen molar-refractivity contribution in [1.82, 2.24) is 10.4 Å².